The molecule has 2 aromatic rings. The first-order chi connectivity index (χ1) is 11.6. The van der Waals surface area contributed by atoms with Gasteiger partial charge in [-0.25, -0.2) is 14.4 Å². The minimum atomic E-state index is -1.15. The van der Waals surface area contributed by atoms with Crippen LogP contribution in [0.2, 0.25) is 0 Å². The first-order valence-corrected chi connectivity index (χ1v) is 7.40. The molecule has 0 spiro atoms. The Morgan fingerprint density at radius 3 is 2.71 bits per heavy atom. The molecule has 0 saturated carbocycles. The van der Waals surface area contributed by atoms with E-state index in [2.05, 4.69) is 0 Å². The monoisotopic (exact) mass is 333 g/mol. The molecule has 1 amide bonds. The van der Waals surface area contributed by atoms with Gasteiger partial charge in [-0.05, 0) is 18.4 Å². The normalized spacial score (nSPS) is 17.0. The van der Waals surface area contributed by atoms with Crippen molar-refractivity contribution in [3.63, 3.8) is 0 Å². The summed E-state index contributed by atoms with van der Waals surface area (Å²) in [6.45, 7) is 0.300. The van der Waals surface area contributed by atoms with E-state index in [1.165, 1.54) is 0 Å². The predicted octanol–water partition coefficient (Wildman–Crippen LogP) is 2.40. The van der Waals surface area contributed by atoms with Crippen molar-refractivity contribution in [1.29, 1.82) is 0 Å². The van der Waals surface area contributed by atoms with Crippen LogP contribution >= 0.6 is 0 Å². The summed E-state index contributed by atoms with van der Waals surface area (Å²) in [5.41, 5.74) is 0.770. The topological polar surface area (TPSA) is 110 Å². The molecule has 1 aliphatic rings. The van der Waals surface area contributed by atoms with Crippen LogP contribution in [0.5, 0.6) is 0 Å². The Labute approximate surface area is 136 Å². The number of benzene rings is 1. The van der Waals surface area contributed by atoms with E-state index >= 15 is 0 Å². The number of carbonyl (C=O) groups excluding carboxylic acids is 1. The van der Waals surface area contributed by atoms with Crippen molar-refractivity contribution in [1.82, 2.24) is 4.90 Å². The van der Waals surface area contributed by atoms with Gasteiger partial charge in [0, 0.05) is 6.54 Å². The average Bonchev–Trinajstić information content (AvgIpc) is 3.19. The molecule has 1 saturated heterocycles. The van der Waals surface area contributed by atoms with Gasteiger partial charge >= 0.3 is 17.9 Å². The molecule has 24 heavy (non-hydrogen) atoms. The van der Waals surface area contributed by atoms with E-state index in [9.17, 15) is 19.5 Å². The SMILES string of the molecule is O=C(OCc1ccccc1)c1oc(=O)oc1C1CCCN1C(=O)O. The van der Waals surface area contributed by atoms with Crippen LogP contribution in [0, 0.1) is 0 Å². The Balaban J connectivity index is 1.80. The first-order valence-electron chi connectivity index (χ1n) is 7.40. The van der Waals surface area contributed by atoms with Crippen molar-refractivity contribution in [2.24, 2.45) is 0 Å². The lowest BCUT2D eigenvalue weighted by molar-refractivity contribution is 0.0428. The van der Waals surface area contributed by atoms with Crippen LogP contribution in [0.3, 0.4) is 0 Å². The standard InChI is InChI=1S/C16H15NO7/c18-14(22-9-10-5-2-1-3-6-10)13-12(23-16(21)24-13)11-7-4-8-17(11)15(19)20/h1-3,5-6,11H,4,7-9H2,(H,19,20). The Morgan fingerprint density at radius 1 is 1.25 bits per heavy atom. The van der Waals surface area contributed by atoms with Crippen molar-refractivity contribution in [3.05, 3.63) is 58.0 Å². The Morgan fingerprint density at radius 2 is 2.00 bits per heavy atom. The van der Waals surface area contributed by atoms with Crippen LogP contribution in [0.4, 0.5) is 4.79 Å². The van der Waals surface area contributed by atoms with Crippen molar-refractivity contribution < 1.29 is 28.3 Å². The number of nitrogens with zero attached hydrogens (tertiary/aromatic N) is 1. The fourth-order valence-corrected chi connectivity index (χ4v) is 2.71. The smallest absolute Gasteiger partial charge is 0.465 e. The van der Waals surface area contributed by atoms with Gasteiger partial charge in [-0.3, -0.25) is 4.90 Å². The van der Waals surface area contributed by atoms with Crippen LogP contribution in [0.1, 0.15) is 40.8 Å². The first kappa shape index (κ1) is 15.9. The molecule has 0 bridgehead atoms. The van der Waals surface area contributed by atoms with E-state index in [1.54, 1.807) is 24.3 Å². The molecule has 1 aromatic heterocycles. The van der Waals surface area contributed by atoms with Gasteiger partial charge < -0.3 is 18.7 Å². The molecule has 0 aliphatic carbocycles. The maximum atomic E-state index is 12.2. The highest BCUT2D eigenvalue weighted by Gasteiger charge is 2.37. The van der Waals surface area contributed by atoms with Gasteiger partial charge in [0.2, 0.25) is 0 Å². The fourth-order valence-electron chi connectivity index (χ4n) is 2.71. The molecule has 8 heteroatoms. The van der Waals surface area contributed by atoms with Crippen molar-refractivity contribution in [3.8, 4) is 0 Å². The minimum Gasteiger partial charge on any atom is -0.465 e. The summed E-state index contributed by atoms with van der Waals surface area (Å²) < 4.78 is 14.8. The number of carbonyl (C=O) groups is 2. The number of carboxylic acid groups (broad SMARTS) is 1. The van der Waals surface area contributed by atoms with Gasteiger partial charge in [0.15, 0.2) is 5.76 Å². The number of esters is 1. The van der Waals surface area contributed by atoms with E-state index in [4.69, 9.17) is 13.6 Å². The zero-order chi connectivity index (χ0) is 17.1. The van der Waals surface area contributed by atoms with Crippen molar-refractivity contribution in [2.45, 2.75) is 25.5 Å². The highest BCUT2D eigenvalue weighted by atomic mass is 16.6. The molecule has 1 aliphatic heterocycles. The molecule has 1 N–H and O–H groups in total. The van der Waals surface area contributed by atoms with E-state index < -0.39 is 23.9 Å². The van der Waals surface area contributed by atoms with E-state index in [0.717, 1.165) is 10.5 Å². The van der Waals surface area contributed by atoms with Gasteiger partial charge in [-0.15, -0.1) is 0 Å². The van der Waals surface area contributed by atoms with Crippen LogP contribution in [0.15, 0.2) is 44.0 Å². The molecular weight excluding hydrogens is 318 g/mol. The molecule has 0 radical (unpaired) electrons. The van der Waals surface area contributed by atoms with Crippen LogP contribution in [-0.4, -0.2) is 28.6 Å². The summed E-state index contributed by atoms with van der Waals surface area (Å²) in [5.74, 6) is -2.40. The minimum absolute atomic E-state index is 0.00130. The van der Waals surface area contributed by atoms with Crippen LogP contribution < -0.4 is 5.82 Å². The van der Waals surface area contributed by atoms with Gasteiger partial charge in [0.05, 0.1) is 6.04 Å². The van der Waals surface area contributed by atoms with Gasteiger partial charge in [0.1, 0.15) is 6.61 Å². The maximum absolute atomic E-state index is 12.2. The zero-order valence-electron chi connectivity index (χ0n) is 12.6. The molecule has 1 unspecified atom stereocenters. The summed E-state index contributed by atoms with van der Waals surface area (Å²) in [6.07, 6.45) is -0.108. The quantitative estimate of drug-likeness (QED) is 0.855. The third-order valence-electron chi connectivity index (χ3n) is 3.80. The highest BCUT2D eigenvalue weighted by Crippen LogP contribution is 2.33. The predicted molar refractivity (Wildman–Crippen MR) is 79.5 cm³/mol. The summed E-state index contributed by atoms with van der Waals surface area (Å²) in [5, 5.41) is 9.19. The Bertz CT molecular complexity index is 792. The second-order valence-electron chi connectivity index (χ2n) is 5.34. The Hall–Kier alpha value is -3.03. The third kappa shape index (κ3) is 3.17. The van der Waals surface area contributed by atoms with Crippen molar-refractivity contribution >= 4 is 12.1 Å². The largest absolute Gasteiger partial charge is 0.519 e. The lowest BCUT2D eigenvalue weighted by atomic mass is 10.1. The second-order valence-corrected chi connectivity index (χ2v) is 5.34. The number of rotatable bonds is 4. The van der Waals surface area contributed by atoms with E-state index in [0.29, 0.717) is 19.4 Å². The molecule has 1 atom stereocenters. The average molecular weight is 333 g/mol. The molecular formula is C16H15NO7. The molecule has 126 valence electrons. The number of ether oxygens (including phenoxy) is 1. The summed E-state index contributed by atoms with van der Waals surface area (Å²) >= 11 is 0. The van der Waals surface area contributed by atoms with E-state index in [-0.39, 0.29) is 18.1 Å². The third-order valence-corrected chi connectivity index (χ3v) is 3.80. The molecule has 3 rings (SSSR count). The van der Waals surface area contributed by atoms with Gasteiger partial charge in [-0.2, -0.15) is 0 Å². The lowest BCUT2D eigenvalue weighted by Gasteiger charge is -2.19. The van der Waals surface area contributed by atoms with Gasteiger partial charge in [-0.1, -0.05) is 30.3 Å². The zero-order valence-corrected chi connectivity index (χ0v) is 12.6. The maximum Gasteiger partial charge on any atom is 0.519 e. The summed E-state index contributed by atoms with van der Waals surface area (Å²) in [4.78, 5) is 36.0. The number of hydrogen-bond acceptors (Lipinski definition) is 6. The van der Waals surface area contributed by atoms with Gasteiger partial charge in [0.25, 0.3) is 5.76 Å². The number of likely N-dealkylation sites (tertiary alicyclic amines) is 1. The summed E-state index contributed by atoms with van der Waals surface area (Å²) in [7, 11) is 0. The van der Waals surface area contributed by atoms with Crippen molar-refractivity contribution in [2.75, 3.05) is 6.54 Å². The number of amides is 1. The fraction of sp³-hybridized carbons (Fsp3) is 0.312. The highest BCUT2D eigenvalue weighted by molar-refractivity contribution is 5.87. The lowest BCUT2D eigenvalue weighted by Crippen LogP contribution is -2.29. The molecule has 1 aromatic carbocycles. The van der Waals surface area contributed by atoms with E-state index in [1.807, 2.05) is 6.07 Å². The van der Waals surface area contributed by atoms with Crippen LogP contribution in [-0.2, 0) is 11.3 Å². The molecule has 1 fully saturated rings. The number of hydrogen-bond donors (Lipinski definition) is 1. The Kier molecular flexibility index (Phi) is 4.37. The molecule has 2 heterocycles. The summed E-state index contributed by atoms with van der Waals surface area (Å²) in [6, 6.07) is 8.27. The van der Waals surface area contributed by atoms with Crippen LogP contribution in [0.25, 0.3) is 0 Å². The molecule has 8 nitrogen and oxygen atoms in total. The second kappa shape index (κ2) is 6.61.